The number of piperidine rings is 1. The quantitative estimate of drug-likeness (QED) is 0.741. The number of rotatable bonds is 6. The van der Waals surface area contributed by atoms with Crippen molar-refractivity contribution in [3.63, 3.8) is 0 Å². The zero-order valence-electron chi connectivity index (χ0n) is 12.8. The maximum absolute atomic E-state index is 12.8. The lowest BCUT2D eigenvalue weighted by molar-refractivity contribution is -0.140. The number of hydrogen-bond acceptors (Lipinski definition) is 4. The van der Waals surface area contributed by atoms with Crippen LogP contribution in [0.4, 0.5) is 0 Å². The molecule has 0 bridgehead atoms. The summed E-state index contributed by atoms with van der Waals surface area (Å²) in [5.74, 6) is -0.559. The number of esters is 1. The van der Waals surface area contributed by atoms with E-state index in [4.69, 9.17) is 0 Å². The van der Waals surface area contributed by atoms with Gasteiger partial charge >= 0.3 is 5.97 Å². The van der Waals surface area contributed by atoms with Gasteiger partial charge in [0, 0.05) is 19.6 Å². The van der Waals surface area contributed by atoms with Gasteiger partial charge in [-0.3, -0.25) is 4.79 Å². The summed E-state index contributed by atoms with van der Waals surface area (Å²) in [6, 6.07) is 9.25. The molecule has 0 unspecified atom stereocenters. The molecule has 0 spiro atoms. The summed E-state index contributed by atoms with van der Waals surface area (Å²) in [5, 5.41) is 0. The van der Waals surface area contributed by atoms with E-state index >= 15 is 0 Å². The third kappa shape index (κ3) is 4.28. The standard InChI is InChI=1S/C15H22N2O4S/c1-21-15(18)13-17(12-14-8-4-2-5-9-14)22(19,20)16-10-6-3-7-11-16/h2,4-5,8-9H,3,6-7,10-13H2,1H3. The second-order valence-electron chi connectivity index (χ2n) is 5.30. The molecule has 1 aliphatic rings. The number of carbonyl (C=O) groups excluding carboxylic acids is 1. The second-order valence-corrected chi connectivity index (χ2v) is 7.23. The Morgan fingerprint density at radius 2 is 1.82 bits per heavy atom. The first-order chi connectivity index (χ1) is 10.5. The van der Waals surface area contributed by atoms with Gasteiger partial charge in [-0.1, -0.05) is 36.8 Å². The van der Waals surface area contributed by atoms with Crippen molar-refractivity contribution in [3.05, 3.63) is 35.9 Å². The molecule has 1 heterocycles. The number of benzene rings is 1. The van der Waals surface area contributed by atoms with Crippen molar-refractivity contribution in [1.82, 2.24) is 8.61 Å². The molecule has 0 radical (unpaired) electrons. The average Bonchev–Trinajstić information content (AvgIpc) is 2.56. The molecule has 0 saturated carbocycles. The summed E-state index contributed by atoms with van der Waals surface area (Å²) >= 11 is 0. The van der Waals surface area contributed by atoms with Crippen molar-refractivity contribution in [2.75, 3.05) is 26.7 Å². The van der Waals surface area contributed by atoms with Crippen LogP contribution < -0.4 is 0 Å². The van der Waals surface area contributed by atoms with Crippen molar-refractivity contribution in [3.8, 4) is 0 Å². The van der Waals surface area contributed by atoms with E-state index in [1.807, 2.05) is 30.3 Å². The molecule has 1 aromatic rings. The Bertz CT molecular complexity index is 583. The monoisotopic (exact) mass is 326 g/mol. The van der Waals surface area contributed by atoms with E-state index in [0.29, 0.717) is 13.1 Å². The molecule has 1 aliphatic heterocycles. The van der Waals surface area contributed by atoms with E-state index in [-0.39, 0.29) is 13.1 Å². The number of hydrogen-bond donors (Lipinski definition) is 0. The van der Waals surface area contributed by atoms with Crippen LogP contribution in [-0.4, -0.2) is 49.7 Å². The fraction of sp³-hybridized carbons (Fsp3) is 0.533. The van der Waals surface area contributed by atoms with Gasteiger partial charge in [0.2, 0.25) is 0 Å². The van der Waals surface area contributed by atoms with Gasteiger partial charge in [-0.15, -0.1) is 0 Å². The Hall–Kier alpha value is -1.44. The molecular weight excluding hydrogens is 304 g/mol. The first-order valence-electron chi connectivity index (χ1n) is 7.40. The molecule has 0 amide bonds. The molecule has 7 heteroatoms. The Labute approximate surface area is 131 Å². The molecule has 1 fully saturated rings. The highest BCUT2D eigenvalue weighted by atomic mass is 32.2. The van der Waals surface area contributed by atoms with Crippen LogP contribution in [-0.2, 0) is 26.3 Å². The topological polar surface area (TPSA) is 66.9 Å². The van der Waals surface area contributed by atoms with Crippen LogP contribution in [0.2, 0.25) is 0 Å². The Balaban J connectivity index is 2.20. The molecule has 0 aromatic heterocycles. The van der Waals surface area contributed by atoms with Gasteiger partial charge in [0.15, 0.2) is 0 Å². The fourth-order valence-electron chi connectivity index (χ4n) is 2.47. The molecule has 122 valence electrons. The average molecular weight is 326 g/mol. The molecule has 0 aliphatic carbocycles. The zero-order valence-corrected chi connectivity index (χ0v) is 13.6. The van der Waals surface area contributed by atoms with E-state index in [1.165, 1.54) is 15.7 Å². The van der Waals surface area contributed by atoms with Gasteiger partial charge in [0.05, 0.1) is 7.11 Å². The molecule has 0 N–H and O–H groups in total. The summed E-state index contributed by atoms with van der Waals surface area (Å²) in [6.07, 6.45) is 2.76. The molecule has 0 atom stereocenters. The fourth-order valence-corrected chi connectivity index (χ4v) is 4.10. The van der Waals surface area contributed by atoms with E-state index < -0.39 is 16.2 Å². The Morgan fingerprint density at radius 3 is 2.41 bits per heavy atom. The summed E-state index contributed by atoms with van der Waals surface area (Å²) in [4.78, 5) is 11.6. The van der Waals surface area contributed by atoms with Crippen molar-refractivity contribution < 1.29 is 17.9 Å². The zero-order chi connectivity index (χ0) is 16.0. The predicted octanol–water partition coefficient (Wildman–Crippen LogP) is 1.39. The molecule has 2 rings (SSSR count). The lowest BCUT2D eigenvalue weighted by Gasteiger charge is -2.31. The van der Waals surface area contributed by atoms with Gasteiger partial charge in [-0.05, 0) is 18.4 Å². The summed E-state index contributed by atoms with van der Waals surface area (Å²) in [5.41, 5.74) is 0.840. The largest absolute Gasteiger partial charge is 0.468 e. The SMILES string of the molecule is COC(=O)CN(Cc1ccccc1)S(=O)(=O)N1CCCCC1. The van der Waals surface area contributed by atoms with Crippen LogP contribution in [0.5, 0.6) is 0 Å². The van der Waals surface area contributed by atoms with Crippen LogP contribution in [0, 0.1) is 0 Å². The van der Waals surface area contributed by atoms with Gasteiger partial charge in [0.1, 0.15) is 6.54 Å². The van der Waals surface area contributed by atoms with E-state index in [0.717, 1.165) is 24.8 Å². The highest BCUT2D eigenvalue weighted by molar-refractivity contribution is 7.86. The van der Waals surface area contributed by atoms with Crippen molar-refractivity contribution in [2.45, 2.75) is 25.8 Å². The number of carbonyl (C=O) groups is 1. The van der Waals surface area contributed by atoms with E-state index in [1.54, 1.807) is 0 Å². The summed E-state index contributed by atoms with van der Waals surface area (Å²) < 4.78 is 32.9. The maximum Gasteiger partial charge on any atom is 0.321 e. The van der Waals surface area contributed by atoms with Crippen molar-refractivity contribution >= 4 is 16.2 Å². The third-order valence-corrected chi connectivity index (χ3v) is 5.63. The smallest absolute Gasteiger partial charge is 0.321 e. The van der Waals surface area contributed by atoms with Gasteiger partial charge < -0.3 is 4.74 Å². The number of methoxy groups -OCH3 is 1. The normalized spacial score (nSPS) is 16.6. The van der Waals surface area contributed by atoms with E-state index in [2.05, 4.69) is 4.74 Å². The van der Waals surface area contributed by atoms with Crippen LogP contribution in [0.25, 0.3) is 0 Å². The van der Waals surface area contributed by atoms with Crippen LogP contribution >= 0.6 is 0 Å². The molecular formula is C15H22N2O4S. The Kier molecular flexibility index (Phi) is 5.93. The van der Waals surface area contributed by atoms with Gasteiger partial charge in [0.25, 0.3) is 10.2 Å². The van der Waals surface area contributed by atoms with E-state index in [9.17, 15) is 13.2 Å². The van der Waals surface area contributed by atoms with Gasteiger partial charge in [-0.2, -0.15) is 17.0 Å². The van der Waals surface area contributed by atoms with Crippen LogP contribution in [0.15, 0.2) is 30.3 Å². The minimum Gasteiger partial charge on any atom is -0.468 e. The highest BCUT2D eigenvalue weighted by Gasteiger charge is 2.32. The van der Waals surface area contributed by atoms with Gasteiger partial charge in [-0.25, -0.2) is 0 Å². The first kappa shape index (κ1) is 16.9. The second kappa shape index (κ2) is 7.71. The molecule has 22 heavy (non-hydrogen) atoms. The minimum atomic E-state index is -3.66. The third-order valence-electron chi connectivity index (χ3n) is 3.70. The Morgan fingerprint density at radius 1 is 1.18 bits per heavy atom. The first-order valence-corrected chi connectivity index (χ1v) is 8.79. The number of ether oxygens (including phenoxy) is 1. The lowest BCUT2D eigenvalue weighted by atomic mass is 10.2. The van der Waals surface area contributed by atoms with Crippen molar-refractivity contribution in [2.24, 2.45) is 0 Å². The minimum absolute atomic E-state index is 0.161. The lowest BCUT2D eigenvalue weighted by Crippen LogP contribution is -2.47. The molecule has 1 aromatic carbocycles. The summed E-state index contributed by atoms with van der Waals surface area (Å²) in [7, 11) is -2.40. The summed E-state index contributed by atoms with van der Waals surface area (Å²) in [6.45, 7) is 0.905. The van der Waals surface area contributed by atoms with Crippen LogP contribution in [0.3, 0.4) is 0 Å². The maximum atomic E-state index is 12.8. The molecule has 1 saturated heterocycles. The highest BCUT2D eigenvalue weighted by Crippen LogP contribution is 2.18. The van der Waals surface area contributed by atoms with Crippen molar-refractivity contribution in [1.29, 1.82) is 0 Å². The van der Waals surface area contributed by atoms with Crippen LogP contribution in [0.1, 0.15) is 24.8 Å². The predicted molar refractivity (Wildman–Crippen MR) is 83.2 cm³/mol. The molecule has 6 nitrogen and oxygen atoms in total. The number of nitrogens with zero attached hydrogens (tertiary/aromatic N) is 2.